The highest BCUT2D eigenvalue weighted by Crippen LogP contribution is 2.36. The zero-order valence-electron chi connectivity index (χ0n) is 16.2. The van der Waals surface area contributed by atoms with Gasteiger partial charge in [0.05, 0.1) is 6.04 Å². The minimum Gasteiger partial charge on any atom is -0.356 e. The van der Waals surface area contributed by atoms with Gasteiger partial charge in [0.15, 0.2) is 0 Å². The van der Waals surface area contributed by atoms with Gasteiger partial charge in [-0.25, -0.2) is 0 Å². The normalized spacial score (nSPS) is 15.9. The second-order valence-corrected chi connectivity index (χ2v) is 7.14. The Morgan fingerprint density at radius 3 is 2.59 bits per heavy atom. The second kappa shape index (κ2) is 8.85. The van der Waals surface area contributed by atoms with Gasteiger partial charge < -0.3 is 10.2 Å². The highest BCUT2D eigenvalue weighted by molar-refractivity contribution is 5.84. The summed E-state index contributed by atoms with van der Waals surface area (Å²) in [7, 11) is 0. The third-order valence-electron chi connectivity index (χ3n) is 5.23. The Labute approximate surface area is 161 Å². The number of aryl methyl sites for hydroxylation is 1. The molecule has 27 heavy (non-hydrogen) atoms. The predicted octanol–water partition coefficient (Wildman–Crippen LogP) is 3.78. The van der Waals surface area contributed by atoms with Gasteiger partial charge in [0, 0.05) is 25.9 Å². The van der Waals surface area contributed by atoms with Crippen molar-refractivity contribution in [3.8, 4) is 0 Å². The zero-order chi connectivity index (χ0) is 19.2. The maximum absolute atomic E-state index is 13.0. The summed E-state index contributed by atoms with van der Waals surface area (Å²) in [6.07, 6.45) is 2.26. The lowest BCUT2D eigenvalue weighted by Crippen LogP contribution is -2.41. The van der Waals surface area contributed by atoms with Crippen molar-refractivity contribution < 1.29 is 9.59 Å². The van der Waals surface area contributed by atoms with E-state index >= 15 is 0 Å². The summed E-state index contributed by atoms with van der Waals surface area (Å²) in [5.41, 5.74) is 4.94. The first-order valence-electron chi connectivity index (χ1n) is 9.81. The van der Waals surface area contributed by atoms with E-state index < -0.39 is 0 Å². The fourth-order valence-corrected chi connectivity index (χ4v) is 3.83. The minimum atomic E-state index is -0.0824. The third-order valence-corrected chi connectivity index (χ3v) is 5.23. The van der Waals surface area contributed by atoms with Crippen LogP contribution in [0.25, 0.3) is 0 Å². The zero-order valence-corrected chi connectivity index (χ0v) is 16.2. The fraction of sp³-hybridized carbons (Fsp3) is 0.391. The Hall–Kier alpha value is -2.62. The van der Waals surface area contributed by atoms with Gasteiger partial charge in [-0.05, 0) is 42.0 Å². The monoisotopic (exact) mass is 364 g/mol. The fourth-order valence-electron chi connectivity index (χ4n) is 3.83. The standard InChI is InChI=1S/C23H28N2O2/c1-3-15-24-21(26)12-13-22(27)25-16-14-19-17(2)8-7-11-20(19)23(25)18-9-5-4-6-10-18/h4-11,23H,3,12-16H2,1-2H3,(H,24,26). The van der Waals surface area contributed by atoms with Crippen molar-refractivity contribution in [3.05, 3.63) is 70.8 Å². The maximum Gasteiger partial charge on any atom is 0.223 e. The minimum absolute atomic E-state index is 0.0441. The number of carbonyl (C=O) groups excluding carboxylic acids is 2. The molecule has 0 spiro atoms. The molecular formula is C23H28N2O2. The molecule has 0 saturated carbocycles. The lowest BCUT2D eigenvalue weighted by Gasteiger charge is -2.38. The maximum atomic E-state index is 13.0. The van der Waals surface area contributed by atoms with E-state index in [-0.39, 0.29) is 30.7 Å². The molecule has 2 aromatic rings. The number of hydrogen-bond acceptors (Lipinski definition) is 2. The van der Waals surface area contributed by atoms with E-state index in [9.17, 15) is 9.59 Å². The Kier molecular flexibility index (Phi) is 6.28. The van der Waals surface area contributed by atoms with E-state index in [0.717, 1.165) is 18.4 Å². The van der Waals surface area contributed by atoms with Gasteiger partial charge in [-0.2, -0.15) is 0 Å². The number of carbonyl (C=O) groups is 2. The quantitative estimate of drug-likeness (QED) is 0.848. The van der Waals surface area contributed by atoms with Gasteiger partial charge in [-0.15, -0.1) is 0 Å². The summed E-state index contributed by atoms with van der Waals surface area (Å²) in [6, 6.07) is 16.4. The molecule has 1 atom stereocenters. The SMILES string of the molecule is CCCNC(=O)CCC(=O)N1CCc2c(C)cccc2C1c1ccccc1. The summed E-state index contributed by atoms with van der Waals surface area (Å²) in [6.45, 7) is 5.50. The average molecular weight is 364 g/mol. The molecule has 0 saturated heterocycles. The van der Waals surface area contributed by atoms with E-state index in [4.69, 9.17) is 0 Å². The Balaban J connectivity index is 1.83. The molecule has 3 rings (SSSR count). The molecular weight excluding hydrogens is 336 g/mol. The molecule has 1 heterocycles. The van der Waals surface area contributed by atoms with E-state index in [1.165, 1.54) is 16.7 Å². The second-order valence-electron chi connectivity index (χ2n) is 7.14. The van der Waals surface area contributed by atoms with Crippen LogP contribution < -0.4 is 5.32 Å². The number of rotatable bonds is 6. The highest BCUT2D eigenvalue weighted by atomic mass is 16.2. The largest absolute Gasteiger partial charge is 0.356 e. The van der Waals surface area contributed by atoms with Crippen molar-refractivity contribution in [2.45, 2.75) is 45.6 Å². The van der Waals surface area contributed by atoms with Gasteiger partial charge in [0.1, 0.15) is 0 Å². The van der Waals surface area contributed by atoms with E-state index in [2.05, 4.69) is 42.6 Å². The summed E-state index contributed by atoms with van der Waals surface area (Å²) in [5, 5.41) is 2.85. The summed E-state index contributed by atoms with van der Waals surface area (Å²) in [4.78, 5) is 26.9. The number of fused-ring (bicyclic) bond motifs is 1. The first-order valence-corrected chi connectivity index (χ1v) is 9.81. The Morgan fingerprint density at radius 1 is 1.07 bits per heavy atom. The van der Waals surface area contributed by atoms with Gasteiger partial charge in [0.2, 0.25) is 11.8 Å². The summed E-state index contributed by atoms with van der Waals surface area (Å²) >= 11 is 0. The number of benzene rings is 2. The van der Waals surface area contributed by atoms with E-state index in [1.54, 1.807) is 0 Å². The van der Waals surface area contributed by atoms with Gasteiger partial charge in [-0.3, -0.25) is 9.59 Å². The van der Waals surface area contributed by atoms with Crippen LogP contribution in [0.1, 0.15) is 54.5 Å². The van der Waals surface area contributed by atoms with Crippen LogP contribution in [0.15, 0.2) is 48.5 Å². The molecule has 0 fully saturated rings. The van der Waals surface area contributed by atoms with Gasteiger partial charge in [-0.1, -0.05) is 55.5 Å². The van der Waals surface area contributed by atoms with Crippen molar-refractivity contribution in [2.75, 3.05) is 13.1 Å². The first kappa shape index (κ1) is 19.2. The number of hydrogen-bond donors (Lipinski definition) is 1. The smallest absolute Gasteiger partial charge is 0.223 e. The lowest BCUT2D eigenvalue weighted by atomic mass is 9.85. The van der Waals surface area contributed by atoms with Crippen LogP contribution in [0.5, 0.6) is 0 Å². The van der Waals surface area contributed by atoms with Crippen LogP contribution in [0, 0.1) is 6.92 Å². The molecule has 2 amide bonds. The molecule has 1 unspecified atom stereocenters. The van der Waals surface area contributed by atoms with Crippen LogP contribution in [-0.4, -0.2) is 29.8 Å². The molecule has 4 nitrogen and oxygen atoms in total. The molecule has 142 valence electrons. The van der Waals surface area contributed by atoms with Crippen molar-refractivity contribution in [2.24, 2.45) is 0 Å². The Morgan fingerprint density at radius 2 is 1.85 bits per heavy atom. The molecule has 0 radical (unpaired) electrons. The van der Waals surface area contributed by atoms with Crippen LogP contribution in [0.2, 0.25) is 0 Å². The van der Waals surface area contributed by atoms with E-state index in [0.29, 0.717) is 13.1 Å². The average Bonchev–Trinajstić information content (AvgIpc) is 2.70. The summed E-state index contributed by atoms with van der Waals surface area (Å²) in [5.74, 6) is -0.00243. The number of nitrogens with zero attached hydrogens (tertiary/aromatic N) is 1. The Bertz CT molecular complexity index is 801. The molecule has 0 aliphatic carbocycles. The number of nitrogens with one attached hydrogen (secondary N) is 1. The molecule has 2 aromatic carbocycles. The van der Waals surface area contributed by atoms with Crippen LogP contribution >= 0.6 is 0 Å². The molecule has 1 aliphatic heterocycles. The van der Waals surface area contributed by atoms with Gasteiger partial charge >= 0.3 is 0 Å². The summed E-state index contributed by atoms with van der Waals surface area (Å²) < 4.78 is 0. The van der Waals surface area contributed by atoms with Crippen molar-refractivity contribution in [3.63, 3.8) is 0 Å². The third kappa shape index (κ3) is 4.38. The predicted molar refractivity (Wildman–Crippen MR) is 107 cm³/mol. The highest BCUT2D eigenvalue weighted by Gasteiger charge is 2.32. The molecule has 1 aliphatic rings. The molecule has 4 heteroatoms. The van der Waals surface area contributed by atoms with Crippen molar-refractivity contribution >= 4 is 11.8 Å². The van der Waals surface area contributed by atoms with Crippen LogP contribution in [0.4, 0.5) is 0 Å². The van der Waals surface area contributed by atoms with Crippen LogP contribution in [0.3, 0.4) is 0 Å². The number of amides is 2. The van der Waals surface area contributed by atoms with Gasteiger partial charge in [0.25, 0.3) is 0 Å². The van der Waals surface area contributed by atoms with E-state index in [1.807, 2.05) is 30.0 Å². The van der Waals surface area contributed by atoms with Crippen molar-refractivity contribution in [1.82, 2.24) is 10.2 Å². The molecule has 1 N–H and O–H groups in total. The van der Waals surface area contributed by atoms with Crippen molar-refractivity contribution in [1.29, 1.82) is 0 Å². The topological polar surface area (TPSA) is 49.4 Å². The van der Waals surface area contributed by atoms with Crippen LogP contribution in [-0.2, 0) is 16.0 Å². The molecule has 0 bridgehead atoms. The first-order chi connectivity index (χ1) is 13.1. The molecule has 0 aromatic heterocycles. The lowest BCUT2D eigenvalue weighted by molar-refractivity contribution is -0.135.